The quantitative estimate of drug-likeness (QED) is 0.571. The largest absolute Gasteiger partial charge is 0.382 e. The van der Waals surface area contributed by atoms with Crippen LogP contribution in [0, 0.1) is 5.92 Å². The lowest BCUT2D eigenvalue weighted by Gasteiger charge is -2.08. The predicted octanol–water partition coefficient (Wildman–Crippen LogP) is 1.06. The summed E-state index contributed by atoms with van der Waals surface area (Å²) in [5.41, 5.74) is 0. The van der Waals surface area contributed by atoms with Crippen LogP contribution in [0.15, 0.2) is 0 Å². The van der Waals surface area contributed by atoms with Crippen molar-refractivity contribution in [2.24, 2.45) is 5.92 Å². The average Bonchev–Trinajstić information content (AvgIpc) is 2.80. The Morgan fingerprint density at radius 1 is 1.25 bits per heavy atom. The SMILES string of the molecule is COCCOCCCNCCC1CCOC1. The summed E-state index contributed by atoms with van der Waals surface area (Å²) in [5, 5.41) is 3.44. The Morgan fingerprint density at radius 3 is 2.94 bits per heavy atom. The highest BCUT2D eigenvalue weighted by Gasteiger charge is 2.14. The van der Waals surface area contributed by atoms with E-state index in [-0.39, 0.29) is 0 Å². The zero-order valence-corrected chi connectivity index (χ0v) is 10.4. The maximum absolute atomic E-state index is 5.37. The minimum absolute atomic E-state index is 0.690. The fourth-order valence-electron chi connectivity index (χ4n) is 1.79. The second-order valence-electron chi connectivity index (χ2n) is 4.23. The van der Waals surface area contributed by atoms with E-state index in [1.54, 1.807) is 7.11 Å². The van der Waals surface area contributed by atoms with Gasteiger partial charge in [-0.1, -0.05) is 0 Å². The minimum atomic E-state index is 0.690. The summed E-state index contributed by atoms with van der Waals surface area (Å²) in [7, 11) is 1.69. The van der Waals surface area contributed by atoms with E-state index < -0.39 is 0 Å². The van der Waals surface area contributed by atoms with Crippen molar-refractivity contribution < 1.29 is 14.2 Å². The molecule has 1 saturated heterocycles. The molecule has 16 heavy (non-hydrogen) atoms. The van der Waals surface area contributed by atoms with Gasteiger partial charge in [0.15, 0.2) is 0 Å². The third-order valence-electron chi connectivity index (χ3n) is 2.83. The van der Waals surface area contributed by atoms with Crippen molar-refractivity contribution in [3.63, 3.8) is 0 Å². The van der Waals surface area contributed by atoms with E-state index in [1.165, 1.54) is 12.8 Å². The fraction of sp³-hybridized carbons (Fsp3) is 1.00. The molecule has 1 aliphatic rings. The topological polar surface area (TPSA) is 39.7 Å². The van der Waals surface area contributed by atoms with Crippen LogP contribution in [-0.4, -0.2) is 53.2 Å². The Kier molecular flexibility index (Phi) is 8.71. The van der Waals surface area contributed by atoms with Crippen LogP contribution in [0.4, 0.5) is 0 Å². The van der Waals surface area contributed by atoms with Gasteiger partial charge in [0.25, 0.3) is 0 Å². The van der Waals surface area contributed by atoms with Crippen molar-refractivity contribution in [3.05, 3.63) is 0 Å². The molecule has 0 saturated carbocycles. The van der Waals surface area contributed by atoms with E-state index in [4.69, 9.17) is 14.2 Å². The molecule has 1 unspecified atom stereocenters. The highest BCUT2D eigenvalue weighted by Crippen LogP contribution is 2.14. The zero-order valence-electron chi connectivity index (χ0n) is 10.4. The van der Waals surface area contributed by atoms with Crippen LogP contribution in [-0.2, 0) is 14.2 Å². The molecule has 0 amide bonds. The van der Waals surface area contributed by atoms with Gasteiger partial charge >= 0.3 is 0 Å². The number of ether oxygens (including phenoxy) is 3. The van der Waals surface area contributed by atoms with Gasteiger partial charge in [-0.15, -0.1) is 0 Å². The molecule has 0 aromatic heterocycles. The van der Waals surface area contributed by atoms with Gasteiger partial charge in [-0.25, -0.2) is 0 Å². The molecule has 4 heteroatoms. The van der Waals surface area contributed by atoms with Gasteiger partial charge in [0.1, 0.15) is 0 Å². The molecule has 1 aliphatic heterocycles. The molecule has 1 fully saturated rings. The third-order valence-corrected chi connectivity index (χ3v) is 2.83. The molecule has 1 N–H and O–H groups in total. The van der Waals surface area contributed by atoms with Crippen LogP contribution in [0.2, 0.25) is 0 Å². The Morgan fingerprint density at radius 2 is 2.19 bits per heavy atom. The molecule has 0 radical (unpaired) electrons. The Balaban J connectivity index is 1.71. The van der Waals surface area contributed by atoms with Crippen LogP contribution in [0.3, 0.4) is 0 Å². The molecule has 0 aromatic carbocycles. The first-order valence-corrected chi connectivity index (χ1v) is 6.28. The Bertz CT molecular complexity index is 149. The molecule has 1 heterocycles. The first-order chi connectivity index (χ1) is 7.93. The molecular weight excluding hydrogens is 206 g/mol. The van der Waals surface area contributed by atoms with Crippen LogP contribution in [0.25, 0.3) is 0 Å². The second kappa shape index (κ2) is 10.0. The third kappa shape index (κ3) is 7.17. The molecule has 0 aliphatic carbocycles. The van der Waals surface area contributed by atoms with Gasteiger partial charge in [-0.05, 0) is 38.3 Å². The van der Waals surface area contributed by atoms with Crippen LogP contribution in [0.5, 0.6) is 0 Å². The molecule has 0 bridgehead atoms. The van der Waals surface area contributed by atoms with Crippen molar-refractivity contribution in [2.45, 2.75) is 19.3 Å². The van der Waals surface area contributed by atoms with Crippen molar-refractivity contribution in [1.82, 2.24) is 5.32 Å². The predicted molar refractivity (Wildman–Crippen MR) is 63.7 cm³/mol. The normalized spacial score (nSPS) is 20.4. The van der Waals surface area contributed by atoms with Crippen molar-refractivity contribution in [1.29, 1.82) is 0 Å². The Labute approximate surface area is 98.6 Å². The summed E-state index contributed by atoms with van der Waals surface area (Å²) in [6, 6.07) is 0. The van der Waals surface area contributed by atoms with Gasteiger partial charge in [0.05, 0.1) is 13.2 Å². The first-order valence-electron chi connectivity index (χ1n) is 6.28. The van der Waals surface area contributed by atoms with Gasteiger partial charge in [0, 0.05) is 26.9 Å². The summed E-state index contributed by atoms with van der Waals surface area (Å²) in [6.45, 7) is 6.28. The number of methoxy groups -OCH3 is 1. The van der Waals surface area contributed by atoms with E-state index in [0.29, 0.717) is 13.2 Å². The summed E-state index contributed by atoms with van der Waals surface area (Å²) < 4.78 is 15.6. The van der Waals surface area contributed by atoms with Crippen LogP contribution >= 0.6 is 0 Å². The monoisotopic (exact) mass is 231 g/mol. The number of rotatable bonds is 10. The van der Waals surface area contributed by atoms with E-state index in [2.05, 4.69) is 5.32 Å². The molecule has 1 rings (SSSR count). The average molecular weight is 231 g/mol. The van der Waals surface area contributed by atoms with E-state index in [9.17, 15) is 0 Å². The summed E-state index contributed by atoms with van der Waals surface area (Å²) in [6.07, 6.45) is 3.55. The number of hydrogen-bond donors (Lipinski definition) is 1. The molecule has 96 valence electrons. The summed E-state index contributed by atoms with van der Waals surface area (Å²) >= 11 is 0. The van der Waals surface area contributed by atoms with Crippen molar-refractivity contribution >= 4 is 0 Å². The maximum Gasteiger partial charge on any atom is 0.0700 e. The van der Waals surface area contributed by atoms with E-state index in [0.717, 1.165) is 45.2 Å². The lowest BCUT2D eigenvalue weighted by molar-refractivity contribution is 0.0695. The van der Waals surface area contributed by atoms with Crippen LogP contribution < -0.4 is 5.32 Å². The van der Waals surface area contributed by atoms with Gasteiger partial charge in [-0.2, -0.15) is 0 Å². The standard InChI is InChI=1S/C12H25NO3/c1-14-9-10-15-7-2-5-13-6-3-12-4-8-16-11-12/h12-13H,2-11H2,1H3. The van der Waals surface area contributed by atoms with Crippen LogP contribution in [0.1, 0.15) is 19.3 Å². The number of hydrogen-bond acceptors (Lipinski definition) is 4. The highest BCUT2D eigenvalue weighted by atomic mass is 16.5. The lowest BCUT2D eigenvalue weighted by atomic mass is 10.1. The highest BCUT2D eigenvalue weighted by molar-refractivity contribution is 4.65. The molecule has 4 nitrogen and oxygen atoms in total. The lowest BCUT2D eigenvalue weighted by Crippen LogP contribution is -2.20. The Hall–Kier alpha value is -0.160. The van der Waals surface area contributed by atoms with Crippen molar-refractivity contribution in [2.75, 3.05) is 53.2 Å². The molecule has 0 spiro atoms. The second-order valence-corrected chi connectivity index (χ2v) is 4.23. The van der Waals surface area contributed by atoms with Gasteiger partial charge in [-0.3, -0.25) is 0 Å². The summed E-state index contributed by atoms with van der Waals surface area (Å²) in [4.78, 5) is 0. The molecular formula is C12H25NO3. The maximum atomic E-state index is 5.37. The summed E-state index contributed by atoms with van der Waals surface area (Å²) in [5.74, 6) is 0.783. The number of nitrogens with one attached hydrogen (secondary N) is 1. The van der Waals surface area contributed by atoms with Gasteiger partial charge in [0.2, 0.25) is 0 Å². The van der Waals surface area contributed by atoms with Crippen molar-refractivity contribution in [3.8, 4) is 0 Å². The molecule has 0 aromatic rings. The van der Waals surface area contributed by atoms with Gasteiger partial charge < -0.3 is 19.5 Å². The fourth-order valence-corrected chi connectivity index (χ4v) is 1.79. The van der Waals surface area contributed by atoms with E-state index >= 15 is 0 Å². The smallest absolute Gasteiger partial charge is 0.0700 e. The first kappa shape index (κ1) is 13.9. The van der Waals surface area contributed by atoms with E-state index in [1.807, 2.05) is 0 Å². The minimum Gasteiger partial charge on any atom is -0.382 e. The zero-order chi connectivity index (χ0) is 11.5. The molecule has 1 atom stereocenters.